The van der Waals surface area contributed by atoms with E-state index in [1.165, 1.54) is 45.2 Å². The van der Waals surface area contributed by atoms with Crippen LogP contribution in [0.15, 0.2) is 0 Å². The van der Waals surface area contributed by atoms with Crippen molar-refractivity contribution in [1.82, 2.24) is 10.6 Å². The fourth-order valence-electron chi connectivity index (χ4n) is 2.44. The van der Waals surface area contributed by atoms with Crippen LogP contribution in [-0.4, -0.2) is 26.2 Å². The van der Waals surface area contributed by atoms with Gasteiger partial charge in [-0.15, -0.1) is 0 Å². The Morgan fingerprint density at radius 2 is 2.07 bits per heavy atom. The minimum Gasteiger partial charge on any atom is -0.317 e. The summed E-state index contributed by atoms with van der Waals surface area (Å²) in [5, 5.41) is 7.02. The Morgan fingerprint density at radius 3 is 2.73 bits per heavy atom. The molecule has 0 spiro atoms. The SMILES string of the molecule is CNC1CCCC(CNCCC(C)C)C1. The molecule has 0 bridgehead atoms. The van der Waals surface area contributed by atoms with Crippen molar-refractivity contribution < 1.29 is 0 Å². The third-order valence-electron chi connectivity index (χ3n) is 3.52. The molecule has 1 fully saturated rings. The molecule has 1 aliphatic carbocycles. The van der Waals surface area contributed by atoms with Gasteiger partial charge in [0.1, 0.15) is 0 Å². The molecule has 0 heterocycles. The van der Waals surface area contributed by atoms with Gasteiger partial charge in [0.05, 0.1) is 0 Å². The molecule has 0 saturated heterocycles. The molecule has 0 amide bonds. The molecule has 0 aromatic heterocycles. The zero-order valence-corrected chi connectivity index (χ0v) is 10.7. The third-order valence-corrected chi connectivity index (χ3v) is 3.52. The summed E-state index contributed by atoms with van der Waals surface area (Å²) in [4.78, 5) is 0. The lowest BCUT2D eigenvalue weighted by atomic mass is 9.86. The molecule has 15 heavy (non-hydrogen) atoms. The predicted octanol–water partition coefficient (Wildman–Crippen LogP) is 2.40. The summed E-state index contributed by atoms with van der Waals surface area (Å²) in [5.74, 6) is 1.73. The summed E-state index contributed by atoms with van der Waals surface area (Å²) in [6.07, 6.45) is 6.88. The highest BCUT2D eigenvalue weighted by molar-refractivity contribution is 4.77. The second kappa shape index (κ2) is 7.24. The minimum absolute atomic E-state index is 0.774. The van der Waals surface area contributed by atoms with Gasteiger partial charge in [-0.1, -0.05) is 20.3 Å². The van der Waals surface area contributed by atoms with Crippen molar-refractivity contribution in [2.45, 2.75) is 52.0 Å². The summed E-state index contributed by atoms with van der Waals surface area (Å²) in [7, 11) is 2.10. The molecule has 2 N–H and O–H groups in total. The maximum Gasteiger partial charge on any atom is 0.00671 e. The van der Waals surface area contributed by atoms with Crippen molar-refractivity contribution in [3.63, 3.8) is 0 Å². The summed E-state index contributed by atoms with van der Waals surface area (Å²) in [5.41, 5.74) is 0. The van der Waals surface area contributed by atoms with Gasteiger partial charge in [0.2, 0.25) is 0 Å². The Balaban J connectivity index is 2.05. The monoisotopic (exact) mass is 212 g/mol. The van der Waals surface area contributed by atoms with Gasteiger partial charge in [-0.3, -0.25) is 0 Å². The van der Waals surface area contributed by atoms with Crippen molar-refractivity contribution in [2.24, 2.45) is 11.8 Å². The van der Waals surface area contributed by atoms with Crippen molar-refractivity contribution in [3.05, 3.63) is 0 Å². The van der Waals surface area contributed by atoms with Crippen LogP contribution in [0.2, 0.25) is 0 Å². The third kappa shape index (κ3) is 5.53. The van der Waals surface area contributed by atoms with Gasteiger partial charge in [0, 0.05) is 6.04 Å². The van der Waals surface area contributed by atoms with E-state index in [1.54, 1.807) is 0 Å². The Labute approximate surface area is 95.2 Å². The van der Waals surface area contributed by atoms with Crippen molar-refractivity contribution in [1.29, 1.82) is 0 Å². The second-order valence-electron chi connectivity index (χ2n) is 5.40. The Morgan fingerprint density at radius 1 is 1.27 bits per heavy atom. The molecule has 90 valence electrons. The average Bonchev–Trinajstić information content (AvgIpc) is 2.24. The van der Waals surface area contributed by atoms with Crippen LogP contribution in [0.1, 0.15) is 46.0 Å². The minimum atomic E-state index is 0.774. The number of hydrogen-bond acceptors (Lipinski definition) is 2. The van der Waals surface area contributed by atoms with Crippen LogP contribution < -0.4 is 10.6 Å². The van der Waals surface area contributed by atoms with Crippen LogP contribution in [-0.2, 0) is 0 Å². The molecule has 0 aromatic carbocycles. The summed E-state index contributed by atoms with van der Waals surface area (Å²) < 4.78 is 0. The predicted molar refractivity (Wildman–Crippen MR) is 67.1 cm³/mol. The van der Waals surface area contributed by atoms with E-state index in [0.717, 1.165) is 17.9 Å². The highest BCUT2D eigenvalue weighted by Gasteiger charge is 2.19. The van der Waals surface area contributed by atoms with E-state index in [-0.39, 0.29) is 0 Å². The topological polar surface area (TPSA) is 24.1 Å². The fourth-order valence-corrected chi connectivity index (χ4v) is 2.44. The molecule has 1 saturated carbocycles. The molecule has 2 unspecified atom stereocenters. The number of hydrogen-bond donors (Lipinski definition) is 2. The van der Waals surface area contributed by atoms with Crippen LogP contribution in [0.5, 0.6) is 0 Å². The fraction of sp³-hybridized carbons (Fsp3) is 1.00. The maximum absolute atomic E-state index is 3.60. The molecule has 1 rings (SSSR count). The van der Waals surface area contributed by atoms with Crippen LogP contribution >= 0.6 is 0 Å². The first-order chi connectivity index (χ1) is 7.22. The van der Waals surface area contributed by atoms with Gasteiger partial charge in [-0.2, -0.15) is 0 Å². The summed E-state index contributed by atoms with van der Waals surface area (Å²) >= 11 is 0. The van der Waals surface area contributed by atoms with E-state index in [9.17, 15) is 0 Å². The normalized spacial score (nSPS) is 27.2. The van der Waals surface area contributed by atoms with E-state index in [2.05, 4.69) is 31.5 Å². The van der Waals surface area contributed by atoms with E-state index >= 15 is 0 Å². The average molecular weight is 212 g/mol. The molecule has 2 heteroatoms. The number of nitrogens with one attached hydrogen (secondary N) is 2. The van der Waals surface area contributed by atoms with Crippen LogP contribution in [0, 0.1) is 11.8 Å². The summed E-state index contributed by atoms with van der Waals surface area (Å²) in [6, 6.07) is 0.774. The van der Waals surface area contributed by atoms with Gasteiger partial charge in [-0.05, 0) is 57.7 Å². The largest absolute Gasteiger partial charge is 0.317 e. The van der Waals surface area contributed by atoms with Crippen LogP contribution in [0.3, 0.4) is 0 Å². The Kier molecular flexibility index (Phi) is 6.26. The van der Waals surface area contributed by atoms with Crippen molar-refractivity contribution in [2.75, 3.05) is 20.1 Å². The highest BCUT2D eigenvalue weighted by atomic mass is 14.9. The van der Waals surface area contributed by atoms with E-state index in [1.807, 2.05) is 0 Å². The standard InChI is InChI=1S/C13H28N2/c1-11(2)7-8-15-10-12-5-4-6-13(9-12)14-3/h11-15H,4-10H2,1-3H3. The van der Waals surface area contributed by atoms with E-state index < -0.39 is 0 Å². The summed E-state index contributed by atoms with van der Waals surface area (Å²) in [6.45, 7) is 7.00. The molecule has 2 nitrogen and oxygen atoms in total. The van der Waals surface area contributed by atoms with Gasteiger partial charge >= 0.3 is 0 Å². The Bertz CT molecular complexity index is 157. The molecule has 0 aromatic rings. The quantitative estimate of drug-likeness (QED) is 0.661. The number of rotatable bonds is 6. The smallest absolute Gasteiger partial charge is 0.00671 e. The molecular formula is C13H28N2. The van der Waals surface area contributed by atoms with Gasteiger partial charge in [0.25, 0.3) is 0 Å². The molecule has 2 atom stereocenters. The van der Waals surface area contributed by atoms with Gasteiger partial charge < -0.3 is 10.6 Å². The molecule has 0 aliphatic heterocycles. The van der Waals surface area contributed by atoms with Crippen molar-refractivity contribution >= 4 is 0 Å². The lowest BCUT2D eigenvalue weighted by Crippen LogP contribution is -2.35. The zero-order chi connectivity index (χ0) is 11.1. The van der Waals surface area contributed by atoms with Crippen LogP contribution in [0.4, 0.5) is 0 Å². The second-order valence-corrected chi connectivity index (χ2v) is 5.40. The first kappa shape index (κ1) is 13.0. The van der Waals surface area contributed by atoms with Crippen molar-refractivity contribution in [3.8, 4) is 0 Å². The molecule has 1 aliphatic rings. The lowest BCUT2D eigenvalue weighted by Gasteiger charge is -2.29. The van der Waals surface area contributed by atoms with Gasteiger partial charge in [-0.25, -0.2) is 0 Å². The molecule has 0 radical (unpaired) electrons. The van der Waals surface area contributed by atoms with Crippen LogP contribution in [0.25, 0.3) is 0 Å². The Hall–Kier alpha value is -0.0800. The van der Waals surface area contributed by atoms with Gasteiger partial charge in [0.15, 0.2) is 0 Å². The first-order valence-corrected chi connectivity index (χ1v) is 6.60. The highest BCUT2D eigenvalue weighted by Crippen LogP contribution is 2.23. The zero-order valence-electron chi connectivity index (χ0n) is 10.7. The van der Waals surface area contributed by atoms with E-state index in [0.29, 0.717) is 0 Å². The maximum atomic E-state index is 3.60. The molecular weight excluding hydrogens is 184 g/mol. The first-order valence-electron chi connectivity index (χ1n) is 6.60. The lowest BCUT2D eigenvalue weighted by molar-refractivity contribution is 0.285. The van der Waals surface area contributed by atoms with E-state index in [4.69, 9.17) is 0 Å².